The van der Waals surface area contributed by atoms with Gasteiger partial charge in [0.2, 0.25) is 26.0 Å². The molecule has 0 bridgehead atoms. The van der Waals surface area contributed by atoms with Crippen molar-refractivity contribution in [2.75, 3.05) is 38.6 Å². The van der Waals surface area contributed by atoms with Gasteiger partial charge in [-0.05, 0) is 68.1 Å². The van der Waals surface area contributed by atoms with Crippen LogP contribution in [0.2, 0.25) is 0 Å². The maximum absolute atomic E-state index is 13.3. The van der Waals surface area contributed by atoms with Crippen molar-refractivity contribution in [1.82, 2.24) is 8.61 Å². The minimum atomic E-state index is -3.88. The van der Waals surface area contributed by atoms with Gasteiger partial charge in [-0.2, -0.15) is 8.61 Å². The van der Waals surface area contributed by atoms with Gasteiger partial charge in [-0.15, -0.1) is 0 Å². The number of sulfonamides is 2. The van der Waals surface area contributed by atoms with E-state index in [-0.39, 0.29) is 34.3 Å². The number of benzene rings is 2. The maximum atomic E-state index is 13.3. The number of hydrogen-bond donors (Lipinski definition) is 1. The molecule has 0 saturated carbocycles. The summed E-state index contributed by atoms with van der Waals surface area (Å²) in [5, 5.41) is 2.75. The molecule has 4 rings (SSSR count). The minimum absolute atomic E-state index is 0.0196. The van der Waals surface area contributed by atoms with Crippen LogP contribution in [0.4, 0.5) is 10.1 Å². The van der Waals surface area contributed by atoms with Crippen LogP contribution in [0.3, 0.4) is 0 Å². The Morgan fingerprint density at radius 1 is 0.917 bits per heavy atom. The van der Waals surface area contributed by atoms with Crippen molar-refractivity contribution in [2.24, 2.45) is 5.92 Å². The molecule has 196 valence electrons. The first kappa shape index (κ1) is 26.5. The van der Waals surface area contributed by atoms with E-state index >= 15 is 0 Å². The fourth-order valence-corrected chi connectivity index (χ4v) is 7.80. The van der Waals surface area contributed by atoms with Crippen LogP contribution < -0.4 is 10.1 Å². The minimum Gasteiger partial charge on any atom is -0.495 e. The topological polar surface area (TPSA) is 113 Å². The number of amides is 1. The van der Waals surface area contributed by atoms with Crippen LogP contribution in [0.5, 0.6) is 5.75 Å². The van der Waals surface area contributed by atoms with Crippen LogP contribution in [0, 0.1) is 11.7 Å². The number of nitrogens with one attached hydrogen (secondary N) is 1. The lowest BCUT2D eigenvalue weighted by molar-refractivity contribution is -0.120. The van der Waals surface area contributed by atoms with Crippen molar-refractivity contribution in [2.45, 2.75) is 41.9 Å². The molecule has 2 saturated heterocycles. The van der Waals surface area contributed by atoms with Gasteiger partial charge in [-0.3, -0.25) is 4.79 Å². The highest BCUT2D eigenvalue weighted by Gasteiger charge is 2.34. The molecule has 1 N–H and O–H groups in total. The van der Waals surface area contributed by atoms with Crippen molar-refractivity contribution >= 4 is 31.6 Å². The first-order valence-corrected chi connectivity index (χ1v) is 14.8. The number of anilines is 1. The van der Waals surface area contributed by atoms with Crippen molar-refractivity contribution in [3.05, 3.63) is 48.3 Å². The average molecular weight is 540 g/mol. The Morgan fingerprint density at radius 3 is 2.25 bits per heavy atom. The zero-order valence-electron chi connectivity index (χ0n) is 20.0. The van der Waals surface area contributed by atoms with E-state index in [0.717, 1.165) is 31.4 Å². The summed E-state index contributed by atoms with van der Waals surface area (Å²) in [5.74, 6) is -1.38. The standard InChI is InChI=1S/C24H30FN3O6S2/c1-34-22-12-9-20(16-23(22)36(32,33)27-13-3-2-4-14-27)26-24(29)18-6-5-15-28(17-18)35(30,31)21-10-7-19(25)8-11-21/h7-12,16,18H,2-6,13-15,17H2,1H3,(H,26,29)/t18-/m1/s1. The second-order valence-electron chi connectivity index (χ2n) is 8.98. The van der Waals surface area contributed by atoms with E-state index < -0.39 is 37.7 Å². The monoisotopic (exact) mass is 539 g/mol. The van der Waals surface area contributed by atoms with E-state index in [4.69, 9.17) is 4.74 Å². The highest BCUT2D eigenvalue weighted by atomic mass is 32.2. The molecule has 36 heavy (non-hydrogen) atoms. The molecule has 0 aromatic heterocycles. The third-order valence-electron chi connectivity index (χ3n) is 6.57. The molecule has 2 aliphatic rings. The third-order valence-corrected chi connectivity index (χ3v) is 10.4. The third kappa shape index (κ3) is 5.56. The van der Waals surface area contributed by atoms with Crippen molar-refractivity contribution in [3.63, 3.8) is 0 Å². The van der Waals surface area contributed by atoms with E-state index in [1.807, 2.05) is 0 Å². The van der Waals surface area contributed by atoms with Crippen LogP contribution in [-0.2, 0) is 24.8 Å². The lowest BCUT2D eigenvalue weighted by Gasteiger charge is -2.31. The molecule has 2 aromatic rings. The number of carbonyl (C=O) groups is 1. The summed E-state index contributed by atoms with van der Waals surface area (Å²) in [6.07, 6.45) is 3.52. The van der Waals surface area contributed by atoms with Gasteiger partial charge >= 0.3 is 0 Å². The quantitative estimate of drug-likeness (QED) is 0.579. The smallest absolute Gasteiger partial charge is 0.246 e. The molecule has 2 aliphatic heterocycles. The zero-order chi connectivity index (χ0) is 25.9. The summed E-state index contributed by atoms with van der Waals surface area (Å²) in [4.78, 5) is 13.0. The van der Waals surface area contributed by atoms with E-state index in [1.54, 1.807) is 6.07 Å². The Balaban J connectivity index is 1.51. The number of ether oxygens (including phenoxy) is 1. The summed E-state index contributed by atoms with van der Waals surface area (Å²) >= 11 is 0. The molecular weight excluding hydrogens is 509 g/mol. The predicted octanol–water partition coefficient (Wildman–Crippen LogP) is 3.05. The van der Waals surface area contributed by atoms with Crippen molar-refractivity contribution in [3.8, 4) is 5.75 Å². The molecule has 2 fully saturated rings. The van der Waals surface area contributed by atoms with E-state index in [2.05, 4.69) is 5.32 Å². The van der Waals surface area contributed by atoms with Gasteiger partial charge in [0, 0.05) is 31.9 Å². The second kappa shape index (κ2) is 10.8. The maximum Gasteiger partial charge on any atom is 0.246 e. The van der Waals surface area contributed by atoms with E-state index in [0.29, 0.717) is 25.9 Å². The predicted molar refractivity (Wildman–Crippen MR) is 132 cm³/mol. The summed E-state index contributed by atoms with van der Waals surface area (Å²) in [6.45, 7) is 1.09. The highest BCUT2D eigenvalue weighted by molar-refractivity contribution is 7.89. The number of hydrogen-bond acceptors (Lipinski definition) is 6. The van der Waals surface area contributed by atoms with Gasteiger partial charge in [0.25, 0.3) is 0 Å². The van der Waals surface area contributed by atoms with Gasteiger partial charge in [-0.1, -0.05) is 6.42 Å². The van der Waals surface area contributed by atoms with Crippen LogP contribution in [0.1, 0.15) is 32.1 Å². The van der Waals surface area contributed by atoms with Crippen LogP contribution in [0.15, 0.2) is 52.3 Å². The molecular formula is C24H30FN3O6S2. The molecule has 0 aliphatic carbocycles. The van der Waals surface area contributed by atoms with Gasteiger partial charge in [-0.25, -0.2) is 21.2 Å². The first-order chi connectivity index (χ1) is 17.1. The molecule has 1 atom stereocenters. The van der Waals surface area contributed by atoms with Crippen LogP contribution >= 0.6 is 0 Å². The van der Waals surface area contributed by atoms with Gasteiger partial charge < -0.3 is 10.1 Å². The SMILES string of the molecule is COc1ccc(NC(=O)[C@@H]2CCCN(S(=O)(=O)c3ccc(F)cc3)C2)cc1S(=O)(=O)N1CCCCC1. The van der Waals surface area contributed by atoms with Crippen molar-refractivity contribution in [1.29, 1.82) is 0 Å². The number of carbonyl (C=O) groups excluding carboxylic acids is 1. The molecule has 2 heterocycles. The summed E-state index contributed by atoms with van der Waals surface area (Å²) in [6, 6.07) is 9.02. The molecule has 0 spiro atoms. The number of nitrogens with zero attached hydrogens (tertiary/aromatic N) is 2. The fourth-order valence-electron chi connectivity index (χ4n) is 4.58. The van der Waals surface area contributed by atoms with Crippen molar-refractivity contribution < 1.29 is 30.8 Å². The number of halogens is 1. The summed E-state index contributed by atoms with van der Waals surface area (Å²) < 4.78 is 73.7. The Bertz CT molecular complexity index is 1310. The number of piperidine rings is 2. The van der Waals surface area contributed by atoms with Crippen LogP contribution in [-0.4, -0.2) is 64.6 Å². The highest BCUT2D eigenvalue weighted by Crippen LogP contribution is 2.32. The molecule has 12 heteroatoms. The van der Waals surface area contributed by atoms with E-state index in [1.165, 1.54) is 40.0 Å². The van der Waals surface area contributed by atoms with Gasteiger partial charge in [0.1, 0.15) is 16.5 Å². The van der Waals surface area contributed by atoms with Gasteiger partial charge in [0.15, 0.2) is 0 Å². The zero-order valence-corrected chi connectivity index (χ0v) is 21.7. The average Bonchev–Trinajstić information content (AvgIpc) is 2.89. The molecule has 9 nitrogen and oxygen atoms in total. The number of rotatable bonds is 7. The van der Waals surface area contributed by atoms with Gasteiger partial charge in [0.05, 0.1) is 17.9 Å². The lowest BCUT2D eigenvalue weighted by Crippen LogP contribution is -2.43. The summed E-state index contributed by atoms with van der Waals surface area (Å²) in [5.41, 5.74) is 0.287. The Morgan fingerprint density at radius 2 is 1.58 bits per heavy atom. The normalized spacial score (nSPS) is 20.1. The fraction of sp³-hybridized carbons (Fsp3) is 0.458. The Kier molecular flexibility index (Phi) is 7.98. The largest absolute Gasteiger partial charge is 0.495 e. The second-order valence-corrected chi connectivity index (χ2v) is 12.8. The Hall–Kier alpha value is -2.54. The molecule has 0 radical (unpaired) electrons. The lowest BCUT2D eigenvalue weighted by atomic mass is 9.98. The van der Waals surface area contributed by atoms with E-state index in [9.17, 15) is 26.0 Å². The van der Waals surface area contributed by atoms with Crippen LogP contribution in [0.25, 0.3) is 0 Å². The molecule has 0 unspecified atom stereocenters. The Labute approximate surface area is 211 Å². The molecule has 1 amide bonds. The first-order valence-electron chi connectivity index (χ1n) is 11.9. The summed E-state index contributed by atoms with van der Waals surface area (Å²) in [7, 11) is -6.30. The molecule has 2 aromatic carbocycles. The number of methoxy groups -OCH3 is 1.